The van der Waals surface area contributed by atoms with Crippen LogP contribution in [0.15, 0.2) is 45.3 Å². The molecule has 2 aromatic rings. The van der Waals surface area contributed by atoms with Crippen LogP contribution in [0.5, 0.6) is 0 Å². The molecule has 0 spiro atoms. The molecule has 0 aliphatic rings. The number of nitrogens with one attached hydrogen (secondary N) is 1. The van der Waals surface area contributed by atoms with Crippen LogP contribution >= 0.6 is 31.9 Å². The number of hydrogen-bond donors (Lipinski definition) is 1. The topological polar surface area (TPSA) is 12.0 Å². The molecule has 20 heavy (non-hydrogen) atoms. The molecule has 1 atom stereocenters. The van der Waals surface area contributed by atoms with Gasteiger partial charge in [0.15, 0.2) is 0 Å². The summed E-state index contributed by atoms with van der Waals surface area (Å²) in [5.41, 5.74) is 3.52. The summed E-state index contributed by atoms with van der Waals surface area (Å²) in [6.07, 6.45) is 0.803. The van der Waals surface area contributed by atoms with Crippen LogP contribution in [0, 0.1) is 12.7 Å². The van der Waals surface area contributed by atoms with Gasteiger partial charge in [-0.3, -0.25) is 0 Å². The number of likely N-dealkylation sites (N-methyl/N-ethyl adjacent to an activating group) is 1. The molecular formula is C16H16Br2FN. The zero-order chi connectivity index (χ0) is 14.7. The molecule has 0 aliphatic heterocycles. The third-order valence-corrected chi connectivity index (χ3v) is 5.06. The van der Waals surface area contributed by atoms with Crippen molar-refractivity contribution in [3.05, 3.63) is 67.9 Å². The summed E-state index contributed by atoms with van der Waals surface area (Å²) in [6, 6.07) is 11.6. The van der Waals surface area contributed by atoms with E-state index in [1.54, 1.807) is 0 Å². The summed E-state index contributed by atoms with van der Waals surface area (Å²) in [5, 5.41) is 3.33. The number of hydrogen-bond acceptors (Lipinski definition) is 1. The van der Waals surface area contributed by atoms with E-state index >= 15 is 0 Å². The number of halogens is 3. The lowest BCUT2D eigenvalue weighted by Crippen LogP contribution is -2.19. The molecule has 2 aromatic carbocycles. The van der Waals surface area contributed by atoms with E-state index in [1.807, 2.05) is 19.2 Å². The Labute approximate surface area is 135 Å². The largest absolute Gasteiger partial charge is 0.313 e. The molecule has 0 bridgehead atoms. The van der Waals surface area contributed by atoms with Crippen molar-refractivity contribution in [3.63, 3.8) is 0 Å². The van der Waals surface area contributed by atoms with E-state index in [4.69, 9.17) is 0 Å². The monoisotopic (exact) mass is 399 g/mol. The number of rotatable bonds is 4. The Morgan fingerprint density at radius 3 is 2.60 bits per heavy atom. The molecule has 0 heterocycles. The van der Waals surface area contributed by atoms with Crippen molar-refractivity contribution in [1.82, 2.24) is 5.32 Å². The van der Waals surface area contributed by atoms with Crippen molar-refractivity contribution in [2.45, 2.75) is 19.4 Å². The molecule has 0 aromatic heterocycles. The van der Waals surface area contributed by atoms with Crippen LogP contribution < -0.4 is 5.32 Å². The van der Waals surface area contributed by atoms with Crippen LogP contribution in [0.25, 0.3) is 0 Å². The highest BCUT2D eigenvalue weighted by Crippen LogP contribution is 2.29. The van der Waals surface area contributed by atoms with Gasteiger partial charge >= 0.3 is 0 Å². The summed E-state index contributed by atoms with van der Waals surface area (Å²) in [7, 11) is 1.94. The molecule has 1 nitrogen and oxygen atoms in total. The van der Waals surface area contributed by atoms with E-state index in [0.29, 0.717) is 4.47 Å². The van der Waals surface area contributed by atoms with E-state index in [0.717, 1.165) is 16.5 Å². The van der Waals surface area contributed by atoms with Crippen molar-refractivity contribution in [3.8, 4) is 0 Å². The summed E-state index contributed by atoms with van der Waals surface area (Å²) in [6.45, 7) is 2.08. The molecule has 4 heteroatoms. The van der Waals surface area contributed by atoms with Gasteiger partial charge in [0, 0.05) is 10.5 Å². The summed E-state index contributed by atoms with van der Waals surface area (Å²) < 4.78 is 14.9. The van der Waals surface area contributed by atoms with Gasteiger partial charge in [0.05, 0.1) is 4.47 Å². The fraction of sp³-hybridized carbons (Fsp3) is 0.250. The Hall–Kier alpha value is -0.710. The second-order valence-electron chi connectivity index (χ2n) is 4.77. The number of benzene rings is 2. The lowest BCUT2D eigenvalue weighted by Gasteiger charge is -2.19. The quantitative estimate of drug-likeness (QED) is 0.747. The SMILES string of the molecule is CNC(Cc1ccc(F)c(Br)c1)c1cccc(C)c1Br. The third kappa shape index (κ3) is 3.48. The molecule has 0 amide bonds. The third-order valence-electron chi connectivity index (χ3n) is 3.37. The first-order valence-corrected chi connectivity index (χ1v) is 7.97. The first-order valence-electron chi connectivity index (χ1n) is 6.39. The lowest BCUT2D eigenvalue weighted by atomic mass is 9.98. The molecule has 1 N–H and O–H groups in total. The molecule has 0 aliphatic carbocycles. The highest BCUT2D eigenvalue weighted by Gasteiger charge is 2.15. The average Bonchev–Trinajstić information content (AvgIpc) is 2.43. The average molecular weight is 401 g/mol. The first-order chi connectivity index (χ1) is 9.52. The molecule has 0 radical (unpaired) electrons. The van der Waals surface area contributed by atoms with Gasteiger partial charge in [0.1, 0.15) is 5.82 Å². The smallest absolute Gasteiger partial charge is 0.137 e. The maximum atomic E-state index is 13.3. The highest BCUT2D eigenvalue weighted by atomic mass is 79.9. The van der Waals surface area contributed by atoms with Crippen LogP contribution in [-0.4, -0.2) is 7.05 Å². The van der Waals surface area contributed by atoms with Crippen molar-refractivity contribution in [2.75, 3.05) is 7.05 Å². The van der Waals surface area contributed by atoms with Crippen LogP contribution in [0.3, 0.4) is 0 Å². The minimum atomic E-state index is -0.230. The zero-order valence-electron chi connectivity index (χ0n) is 11.4. The normalized spacial score (nSPS) is 12.4. The Kier molecular flexibility index (Phi) is 5.35. The van der Waals surface area contributed by atoms with E-state index in [-0.39, 0.29) is 11.9 Å². The Balaban J connectivity index is 2.28. The molecular weight excluding hydrogens is 385 g/mol. The Bertz CT molecular complexity index is 613. The summed E-state index contributed by atoms with van der Waals surface area (Å²) in [4.78, 5) is 0. The van der Waals surface area contributed by atoms with Gasteiger partial charge in [-0.15, -0.1) is 0 Å². The predicted molar refractivity (Wildman–Crippen MR) is 88.5 cm³/mol. The molecule has 106 valence electrons. The van der Waals surface area contributed by atoms with Crippen molar-refractivity contribution in [1.29, 1.82) is 0 Å². The minimum absolute atomic E-state index is 0.182. The maximum absolute atomic E-state index is 13.3. The summed E-state index contributed by atoms with van der Waals surface area (Å²) >= 11 is 6.89. The molecule has 1 unspecified atom stereocenters. The molecule has 2 rings (SSSR count). The van der Waals surface area contributed by atoms with Crippen molar-refractivity contribution >= 4 is 31.9 Å². The Morgan fingerprint density at radius 1 is 1.20 bits per heavy atom. The predicted octanol–water partition coefficient (Wildman–Crippen LogP) is 5.16. The second-order valence-corrected chi connectivity index (χ2v) is 6.42. The van der Waals surface area contributed by atoms with Crippen LogP contribution in [0.2, 0.25) is 0 Å². The van der Waals surface area contributed by atoms with Gasteiger partial charge in [-0.1, -0.05) is 40.2 Å². The van der Waals surface area contributed by atoms with E-state index < -0.39 is 0 Å². The van der Waals surface area contributed by atoms with Crippen LogP contribution in [0.4, 0.5) is 4.39 Å². The number of aryl methyl sites for hydroxylation is 1. The van der Waals surface area contributed by atoms with Gasteiger partial charge in [0.2, 0.25) is 0 Å². The Morgan fingerprint density at radius 2 is 1.95 bits per heavy atom. The van der Waals surface area contributed by atoms with Gasteiger partial charge in [-0.05, 0) is 65.1 Å². The molecule has 0 saturated heterocycles. The van der Waals surface area contributed by atoms with Crippen molar-refractivity contribution in [2.24, 2.45) is 0 Å². The zero-order valence-corrected chi connectivity index (χ0v) is 14.6. The minimum Gasteiger partial charge on any atom is -0.313 e. The fourth-order valence-corrected chi connectivity index (χ4v) is 3.18. The maximum Gasteiger partial charge on any atom is 0.137 e. The first kappa shape index (κ1) is 15.7. The van der Waals surface area contributed by atoms with Crippen LogP contribution in [-0.2, 0) is 6.42 Å². The fourth-order valence-electron chi connectivity index (χ4n) is 2.21. The van der Waals surface area contributed by atoms with E-state index in [1.165, 1.54) is 17.2 Å². The van der Waals surface area contributed by atoms with Crippen molar-refractivity contribution < 1.29 is 4.39 Å². The molecule has 0 fully saturated rings. The standard InChI is InChI=1S/C16H16Br2FN/c1-10-4-3-5-12(16(10)18)15(20-2)9-11-6-7-14(19)13(17)8-11/h3-8,15,20H,9H2,1-2H3. The van der Waals surface area contributed by atoms with Gasteiger partial charge in [-0.25, -0.2) is 4.39 Å². The summed E-state index contributed by atoms with van der Waals surface area (Å²) in [5.74, 6) is -0.230. The lowest BCUT2D eigenvalue weighted by molar-refractivity contribution is 0.585. The van der Waals surface area contributed by atoms with Gasteiger partial charge in [-0.2, -0.15) is 0 Å². The van der Waals surface area contributed by atoms with Crippen LogP contribution in [0.1, 0.15) is 22.7 Å². The van der Waals surface area contributed by atoms with E-state index in [2.05, 4.69) is 62.3 Å². The highest BCUT2D eigenvalue weighted by molar-refractivity contribution is 9.10. The van der Waals surface area contributed by atoms with E-state index in [9.17, 15) is 4.39 Å². The van der Waals surface area contributed by atoms with Gasteiger partial charge in [0.25, 0.3) is 0 Å². The second kappa shape index (κ2) is 6.83. The van der Waals surface area contributed by atoms with Gasteiger partial charge < -0.3 is 5.32 Å². The molecule has 0 saturated carbocycles.